The van der Waals surface area contributed by atoms with Crippen molar-refractivity contribution in [3.05, 3.63) is 29.3 Å². The van der Waals surface area contributed by atoms with Crippen LogP contribution in [0.15, 0.2) is 6.07 Å². The molecule has 4 N–H and O–H groups in total. The van der Waals surface area contributed by atoms with E-state index in [0.717, 1.165) is 0 Å². The quantitative estimate of drug-likeness (QED) is 0.284. The molecule has 0 aliphatic carbocycles. The summed E-state index contributed by atoms with van der Waals surface area (Å²) >= 11 is 0. The Balaban J connectivity index is 3.08. The third-order valence-electron chi connectivity index (χ3n) is 1.44. The van der Waals surface area contributed by atoms with E-state index in [1.165, 1.54) is 10.6 Å². The monoisotopic (exact) mass is 260 g/mol. The standard InChI is InChI=1S/C6H5F4N2O3P/c7-2-1-3(8)5(10)6(4(2)9)11-12-16(13,14)15/h1,11H,(H3,12,13,14,15). The smallest absolute Gasteiger partial charge is 0.311 e. The van der Waals surface area contributed by atoms with Crippen molar-refractivity contribution in [2.75, 3.05) is 5.43 Å². The van der Waals surface area contributed by atoms with Crippen molar-refractivity contribution in [2.24, 2.45) is 0 Å². The minimum atomic E-state index is -4.84. The van der Waals surface area contributed by atoms with Crippen LogP contribution in [-0.4, -0.2) is 9.79 Å². The molecule has 1 rings (SSSR count). The number of halogens is 4. The first kappa shape index (κ1) is 12.9. The Kier molecular flexibility index (Phi) is 3.54. The molecule has 0 fully saturated rings. The summed E-state index contributed by atoms with van der Waals surface area (Å²) in [6, 6.07) is -0.0344. The minimum absolute atomic E-state index is 0.0344. The van der Waals surface area contributed by atoms with Gasteiger partial charge in [0.15, 0.2) is 23.3 Å². The van der Waals surface area contributed by atoms with E-state index in [9.17, 15) is 22.1 Å². The third-order valence-corrected chi connectivity index (χ3v) is 1.84. The molecule has 16 heavy (non-hydrogen) atoms. The van der Waals surface area contributed by atoms with Gasteiger partial charge in [0.2, 0.25) is 0 Å². The lowest BCUT2D eigenvalue weighted by molar-refractivity contribution is 0.361. The summed E-state index contributed by atoms with van der Waals surface area (Å²) in [5.74, 6) is -7.01. The predicted octanol–water partition coefficient (Wildman–Crippen LogP) is 1.25. The van der Waals surface area contributed by atoms with E-state index in [1.54, 1.807) is 0 Å². The minimum Gasteiger partial charge on any atom is -0.311 e. The molecule has 5 nitrogen and oxygen atoms in total. The number of nitrogens with one attached hydrogen (secondary N) is 2. The second kappa shape index (κ2) is 4.38. The highest BCUT2D eigenvalue weighted by atomic mass is 31.2. The maximum absolute atomic E-state index is 12.9. The SMILES string of the molecule is O=P(O)(O)NNc1c(F)c(F)cc(F)c1F. The number of hydrogen-bond donors (Lipinski definition) is 4. The Morgan fingerprint density at radius 2 is 1.50 bits per heavy atom. The molecule has 1 aromatic carbocycles. The van der Waals surface area contributed by atoms with Crippen LogP contribution in [0.1, 0.15) is 0 Å². The van der Waals surface area contributed by atoms with Gasteiger partial charge in [-0.05, 0) is 0 Å². The fourth-order valence-electron chi connectivity index (χ4n) is 0.812. The van der Waals surface area contributed by atoms with Crippen LogP contribution in [0.5, 0.6) is 0 Å². The molecule has 0 atom stereocenters. The van der Waals surface area contributed by atoms with E-state index in [1.807, 2.05) is 0 Å². The van der Waals surface area contributed by atoms with Gasteiger partial charge in [-0.15, -0.1) is 5.20 Å². The molecule has 0 unspecified atom stereocenters. The first-order valence-electron chi connectivity index (χ1n) is 3.64. The van der Waals surface area contributed by atoms with Crippen LogP contribution in [0, 0.1) is 23.3 Å². The number of hydrazine groups is 1. The molecule has 0 saturated carbocycles. The Morgan fingerprint density at radius 1 is 1.06 bits per heavy atom. The van der Waals surface area contributed by atoms with E-state index in [2.05, 4.69) is 0 Å². The van der Waals surface area contributed by atoms with Gasteiger partial charge in [-0.1, -0.05) is 0 Å². The van der Waals surface area contributed by atoms with Gasteiger partial charge < -0.3 is 15.2 Å². The van der Waals surface area contributed by atoms with Crippen LogP contribution >= 0.6 is 7.75 Å². The summed E-state index contributed by atoms with van der Waals surface area (Å²) in [4.78, 5) is 16.6. The fraction of sp³-hybridized carbons (Fsp3) is 0. The lowest BCUT2D eigenvalue weighted by Gasteiger charge is -2.11. The van der Waals surface area contributed by atoms with Crippen molar-refractivity contribution < 1.29 is 31.9 Å². The van der Waals surface area contributed by atoms with Crippen LogP contribution in [0.4, 0.5) is 23.2 Å². The molecule has 0 saturated heterocycles. The highest BCUT2D eigenvalue weighted by Crippen LogP contribution is 2.30. The third kappa shape index (κ3) is 2.92. The van der Waals surface area contributed by atoms with Gasteiger partial charge in [0, 0.05) is 6.07 Å². The van der Waals surface area contributed by atoms with Crippen molar-refractivity contribution in [3.63, 3.8) is 0 Å². The van der Waals surface area contributed by atoms with Gasteiger partial charge >= 0.3 is 7.75 Å². The zero-order chi connectivity index (χ0) is 12.5. The van der Waals surface area contributed by atoms with Crippen LogP contribution in [0.3, 0.4) is 0 Å². The van der Waals surface area contributed by atoms with Crippen molar-refractivity contribution >= 4 is 13.4 Å². The lowest BCUT2D eigenvalue weighted by atomic mass is 10.2. The molecule has 90 valence electrons. The summed E-state index contributed by atoms with van der Waals surface area (Å²) in [6.07, 6.45) is 0. The second-order valence-corrected chi connectivity index (χ2v) is 3.94. The highest BCUT2D eigenvalue weighted by Gasteiger charge is 2.21. The molecule has 0 bridgehead atoms. The van der Waals surface area contributed by atoms with Crippen molar-refractivity contribution in [1.82, 2.24) is 5.20 Å². The molecular weight excluding hydrogens is 255 g/mol. The van der Waals surface area contributed by atoms with Gasteiger partial charge in [-0.2, -0.15) is 0 Å². The molecule has 0 heterocycles. The summed E-state index contributed by atoms with van der Waals surface area (Å²) in [5.41, 5.74) is -0.000640. The molecule has 0 radical (unpaired) electrons. The highest BCUT2D eigenvalue weighted by molar-refractivity contribution is 7.49. The normalized spacial score (nSPS) is 11.6. The van der Waals surface area contributed by atoms with Crippen molar-refractivity contribution in [1.29, 1.82) is 0 Å². The fourth-order valence-corrected chi connectivity index (χ4v) is 1.07. The summed E-state index contributed by atoms with van der Waals surface area (Å²) in [5, 5.41) is 1.18. The second-order valence-electron chi connectivity index (χ2n) is 2.62. The average molecular weight is 260 g/mol. The van der Waals surface area contributed by atoms with Gasteiger partial charge in [-0.3, -0.25) is 0 Å². The molecular formula is C6H5F4N2O3P. The Hall–Kier alpha value is -1.15. The number of anilines is 1. The zero-order valence-corrected chi connectivity index (χ0v) is 8.23. The largest absolute Gasteiger partial charge is 0.417 e. The van der Waals surface area contributed by atoms with Crippen LogP contribution < -0.4 is 10.6 Å². The Labute approximate surface area is 86.3 Å². The number of benzene rings is 1. The van der Waals surface area contributed by atoms with Gasteiger partial charge in [-0.25, -0.2) is 22.1 Å². The van der Waals surface area contributed by atoms with Gasteiger partial charge in [0.25, 0.3) is 0 Å². The molecule has 0 aliphatic heterocycles. The van der Waals surface area contributed by atoms with E-state index >= 15 is 0 Å². The summed E-state index contributed by atoms with van der Waals surface area (Å²) < 4.78 is 61.2. The zero-order valence-electron chi connectivity index (χ0n) is 7.34. The Bertz CT molecular complexity index is 437. The Morgan fingerprint density at radius 3 is 1.88 bits per heavy atom. The summed E-state index contributed by atoms with van der Waals surface area (Å²) in [6.45, 7) is 0. The lowest BCUT2D eigenvalue weighted by Crippen LogP contribution is -2.20. The molecule has 0 aliphatic rings. The first-order valence-corrected chi connectivity index (χ1v) is 5.25. The molecule has 0 amide bonds. The van der Waals surface area contributed by atoms with Gasteiger partial charge in [0.05, 0.1) is 0 Å². The molecule has 10 heteroatoms. The number of rotatable bonds is 3. The maximum Gasteiger partial charge on any atom is 0.417 e. The average Bonchev–Trinajstić information content (AvgIpc) is 2.13. The van der Waals surface area contributed by atoms with E-state index in [0.29, 0.717) is 0 Å². The van der Waals surface area contributed by atoms with E-state index < -0.39 is 36.7 Å². The van der Waals surface area contributed by atoms with E-state index in [4.69, 9.17) is 9.79 Å². The van der Waals surface area contributed by atoms with E-state index in [-0.39, 0.29) is 6.07 Å². The van der Waals surface area contributed by atoms with Crippen molar-refractivity contribution in [3.8, 4) is 0 Å². The topological polar surface area (TPSA) is 81.6 Å². The maximum atomic E-state index is 12.9. The first-order chi connectivity index (χ1) is 7.22. The summed E-state index contributed by atoms with van der Waals surface area (Å²) in [7, 11) is -4.84. The van der Waals surface area contributed by atoms with Crippen molar-refractivity contribution in [2.45, 2.75) is 0 Å². The molecule has 0 aromatic heterocycles. The molecule has 1 aromatic rings. The van der Waals surface area contributed by atoms with Gasteiger partial charge in [0.1, 0.15) is 5.69 Å². The molecule has 0 spiro atoms. The van der Waals surface area contributed by atoms with Crippen LogP contribution in [0.2, 0.25) is 0 Å². The number of hydrogen-bond acceptors (Lipinski definition) is 2. The van der Waals surface area contributed by atoms with Crippen LogP contribution in [-0.2, 0) is 4.57 Å². The predicted molar refractivity (Wildman–Crippen MR) is 45.1 cm³/mol. The van der Waals surface area contributed by atoms with Crippen LogP contribution in [0.25, 0.3) is 0 Å².